The SMILES string of the molecule is CCCC(C)CSc1ccc(N)cc1OC. The average molecular weight is 239 g/mol. The van der Waals surface area contributed by atoms with E-state index in [1.165, 1.54) is 17.7 Å². The maximum atomic E-state index is 5.72. The Balaban J connectivity index is 2.59. The summed E-state index contributed by atoms with van der Waals surface area (Å²) in [5.41, 5.74) is 6.47. The number of hydrogen-bond donors (Lipinski definition) is 1. The highest BCUT2D eigenvalue weighted by Gasteiger charge is 2.07. The van der Waals surface area contributed by atoms with Crippen LogP contribution in [-0.4, -0.2) is 12.9 Å². The second-order valence-electron chi connectivity index (χ2n) is 4.12. The van der Waals surface area contributed by atoms with Crippen molar-refractivity contribution >= 4 is 17.4 Å². The number of nitrogen functional groups attached to an aromatic ring is 1. The molecule has 0 bridgehead atoms. The van der Waals surface area contributed by atoms with Crippen LogP contribution >= 0.6 is 11.8 Å². The fourth-order valence-electron chi connectivity index (χ4n) is 1.61. The van der Waals surface area contributed by atoms with Crippen molar-refractivity contribution in [3.63, 3.8) is 0 Å². The number of benzene rings is 1. The van der Waals surface area contributed by atoms with Crippen molar-refractivity contribution < 1.29 is 4.74 Å². The van der Waals surface area contributed by atoms with Gasteiger partial charge in [-0.2, -0.15) is 0 Å². The van der Waals surface area contributed by atoms with Crippen LogP contribution in [0.2, 0.25) is 0 Å². The average Bonchev–Trinajstić information content (AvgIpc) is 2.27. The minimum atomic E-state index is 0.747. The molecule has 2 nitrogen and oxygen atoms in total. The van der Waals surface area contributed by atoms with Gasteiger partial charge in [-0.25, -0.2) is 0 Å². The van der Waals surface area contributed by atoms with Crippen molar-refractivity contribution in [2.45, 2.75) is 31.6 Å². The van der Waals surface area contributed by atoms with Gasteiger partial charge in [-0.1, -0.05) is 26.7 Å². The van der Waals surface area contributed by atoms with Gasteiger partial charge in [0.1, 0.15) is 5.75 Å². The first kappa shape index (κ1) is 13.2. The van der Waals surface area contributed by atoms with E-state index in [4.69, 9.17) is 10.5 Å². The normalized spacial score (nSPS) is 12.4. The molecule has 0 aromatic heterocycles. The van der Waals surface area contributed by atoms with Crippen molar-refractivity contribution in [1.29, 1.82) is 0 Å². The molecular formula is C13H21NOS. The topological polar surface area (TPSA) is 35.2 Å². The summed E-state index contributed by atoms with van der Waals surface area (Å²) in [6.45, 7) is 4.52. The standard InChI is InChI=1S/C13H21NOS/c1-4-5-10(2)9-16-13-7-6-11(14)8-12(13)15-3/h6-8,10H,4-5,9,14H2,1-3H3. The molecule has 16 heavy (non-hydrogen) atoms. The van der Waals surface area contributed by atoms with E-state index in [0.717, 1.165) is 23.1 Å². The molecule has 90 valence electrons. The summed E-state index contributed by atoms with van der Waals surface area (Å²) in [7, 11) is 1.69. The number of ether oxygens (including phenoxy) is 1. The summed E-state index contributed by atoms with van der Waals surface area (Å²) in [5.74, 6) is 2.76. The molecule has 0 saturated carbocycles. The highest BCUT2D eigenvalue weighted by molar-refractivity contribution is 7.99. The minimum absolute atomic E-state index is 0.747. The van der Waals surface area contributed by atoms with Crippen LogP contribution in [-0.2, 0) is 0 Å². The van der Waals surface area contributed by atoms with Crippen LogP contribution < -0.4 is 10.5 Å². The predicted octanol–water partition coefficient (Wildman–Crippen LogP) is 3.81. The van der Waals surface area contributed by atoms with Crippen LogP contribution in [0.1, 0.15) is 26.7 Å². The fourth-order valence-corrected chi connectivity index (χ4v) is 2.69. The number of nitrogens with two attached hydrogens (primary N) is 1. The van der Waals surface area contributed by atoms with Gasteiger partial charge < -0.3 is 10.5 Å². The molecule has 0 saturated heterocycles. The Hall–Kier alpha value is -0.830. The molecule has 0 aliphatic carbocycles. The minimum Gasteiger partial charge on any atom is -0.496 e. The first-order valence-corrected chi connectivity index (χ1v) is 6.72. The van der Waals surface area contributed by atoms with Crippen LogP contribution in [0.25, 0.3) is 0 Å². The van der Waals surface area contributed by atoms with Gasteiger partial charge in [-0.05, 0) is 18.1 Å². The van der Waals surface area contributed by atoms with Gasteiger partial charge in [-0.15, -0.1) is 11.8 Å². The maximum absolute atomic E-state index is 5.72. The van der Waals surface area contributed by atoms with Crippen LogP contribution in [0.3, 0.4) is 0 Å². The highest BCUT2D eigenvalue weighted by atomic mass is 32.2. The molecule has 1 aromatic carbocycles. The van der Waals surface area contributed by atoms with Gasteiger partial charge in [0.05, 0.1) is 7.11 Å². The Kier molecular flexibility index (Phi) is 5.53. The van der Waals surface area contributed by atoms with Crippen molar-refractivity contribution in [3.8, 4) is 5.75 Å². The molecule has 0 radical (unpaired) electrons. The molecule has 3 heteroatoms. The molecule has 0 fully saturated rings. The van der Waals surface area contributed by atoms with E-state index >= 15 is 0 Å². The van der Waals surface area contributed by atoms with Crippen molar-refractivity contribution in [2.24, 2.45) is 5.92 Å². The number of rotatable bonds is 6. The van der Waals surface area contributed by atoms with Gasteiger partial charge in [-0.3, -0.25) is 0 Å². The monoisotopic (exact) mass is 239 g/mol. The summed E-state index contributed by atoms with van der Waals surface area (Å²) in [4.78, 5) is 1.18. The fraction of sp³-hybridized carbons (Fsp3) is 0.538. The molecule has 0 aliphatic heterocycles. The lowest BCUT2D eigenvalue weighted by Crippen LogP contribution is -1.98. The molecule has 0 aliphatic rings. The van der Waals surface area contributed by atoms with Crippen LogP contribution in [0, 0.1) is 5.92 Å². The number of anilines is 1. The summed E-state index contributed by atoms with van der Waals surface area (Å²) in [5, 5.41) is 0. The molecule has 2 N–H and O–H groups in total. The second-order valence-corrected chi connectivity index (χ2v) is 5.18. The molecule has 1 atom stereocenters. The second kappa shape index (κ2) is 6.69. The van der Waals surface area contributed by atoms with E-state index in [1.807, 2.05) is 30.0 Å². The van der Waals surface area contributed by atoms with E-state index in [-0.39, 0.29) is 0 Å². The zero-order chi connectivity index (χ0) is 12.0. The van der Waals surface area contributed by atoms with Crippen LogP contribution in [0.4, 0.5) is 5.69 Å². The summed E-state index contributed by atoms with van der Waals surface area (Å²) >= 11 is 1.85. The van der Waals surface area contributed by atoms with Crippen molar-refractivity contribution in [1.82, 2.24) is 0 Å². The van der Waals surface area contributed by atoms with E-state index in [2.05, 4.69) is 13.8 Å². The Bertz CT molecular complexity index is 328. The van der Waals surface area contributed by atoms with Crippen molar-refractivity contribution in [2.75, 3.05) is 18.6 Å². The predicted molar refractivity (Wildman–Crippen MR) is 72.2 cm³/mol. The number of thioether (sulfide) groups is 1. The Labute approximate surface area is 103 Å². The smallest absolute Gasteiger partial charge is 0.134 e. The lowest BCUT2D eigenvalue weighted by Gasteiger charge is -2.12. The first-order valence-electron chi connectivity index (χ1n) is 5.73. The first-order chi connectivity index (χ1) is 7.67. The van der Waals surface area contributed by atoms with Gasteiger partial charge in [0, 0.05) is 22.4 Å². The van der Waals surface area contributed by atoms with Crippen LogP contribution in [0.15, 0.2) is 23.1 Å². The van der Waals surface area contributed by atoms with Crippen LogP contribution in [0.5, 0.6) is 5.75 Å². The Morgan fingerprint density at radius 3 is 2.81 bits per heavy atom. The third-order valence-corrected chi connectivity index (χ3v) is 3.88. The molecule has 0 spiro atoms. The molecule has 0 heterocycles. The van der Waals surface area contributed by atoms with Gasteiger partial charge in [0.15, 0.2) is 0 Å². The van der Waals surface area contributed by atoms with E-state index < -0.39 is 0 Å². The highest BCUT2D eigenvalue weighted by Crippen LogP contribution is 2.32. The summed E-state index contributed by atoms with van der Waals surface area (Å²) in [6, 6.07) is 5.85. The largest absolute Gasteiger partial charge is 0.496 e. The maximum Gasteiger partial charge on any atom is 0.134 e. The third-order valence-electron chi connectivity index (χ3n) is 2.49. The number of methoxy groups -OCH3 is 1. The van der Waals surface area contributed by atoms with E-state index in [1.54, 1.807) is 7.11 Å². The molecular weight excluding hydrogens is 218 g/mol. The Morgan fingerprint density at radius 2 is 2.19 bits per heavy atom. The molecule has 1 unspecified atom stereocenters. The lowest BCUT2D eigenvalue weighted by molar-refractivity contribution is 0.405. The zero-order valence-corrected chi connectivity index (χ0v) is 11.1. The summed E-state index contributed by atoms with van der Waals surface area (Å²) < 4.78 is 5.32. The molecule has 0 amide bonds. The lowest BCUT2D eigenvalue weighted by atomic mass is 10.1. The quantitative estimate of drug-likeness (QED) is 0.605. The van der Waals surface area contributed by atoms with Crippen molar-refractivity contribution in [3.05, 3.63) is 18.2 Å². The van der Waals surface area contributed by atoms with E-state index in [9.17, 15) is 0 Å². The van der Waals surface area contributed by atoms with E-state index in [0.29, 0.717) is 0 Å². The summed E-state index contributed by atoms with van der Waals surface area (Å²) in [6.07, 6.45) is 2.53. The molecule has 1 rings (SSSR count). The van der Waals surface area contributed by atoms with Gasteiger partial charge in [0.2, 0.25) is 0 Å². The Morgan fingerprint density at radius 1 is 1.44 bits per heavy atom. The number of hydrogen-bond acceptors (Lipinski definition) is 3. The zero-order valence-electron chi connectivity index (χ0n) is 10.3. The van der Waals surface area contributed by atoms with Gasteiger partial charge in [0.25, 0.3) is 0 Å². The van der Waals surface area contributed by atoms with Gasteiger partial charge >= 0.3 is 0 Å². The third kappa shape index (κ3) is 3.97. The molecule has 1 aromatic rings.